The number of allylic oxidation sites excluding steroid dienone is 4. The van der Waals surface area contributed by atoms with Gasteiger partial charge in [0, 0.05) is 24.6 Å². The summed E-state index contributed by atoms with van der Waals surface area (Å²) in [6.07, 6.45) is 10.2. The molecule has 1 aliphatic heterocycles. The maximum absolute atomic E-state index is 9.50. The van der Waals surface area contributed by atoms with E-state index in [0.717, 1.165) is 13.0 Å². The Kier molecular flexibility index (Phi) is 1.67. The summed E-state index contributed by atoms with van der Waals surface area (Å²) < 4.78 is 0. The van der Waals surface area contributed by atoms with Crippen LogP contribution in [0, 0.1) is 11.3 Å². The molecule has 1 saturated carbocycles. The summed E-state index contributed by atoms with van der Waals surface area (Å²) in [5.41, 5.74) is 1.93. The van der Waals surface area contributed by atoms with Crippen molar-refractivity contribution in [3.63, 3.8) is 0 Å². The van der Waals surface area contributed by atoms with Crippen molar-refractivity contribution in [1.29, 1.82) is 0 Å². The van der Waals surface area contributed by atoms with Crippen LogP contribution in [0.5, 0.6) is 0 Å². The van der Waals surface area contributed by atoms with Gasteiger partial charge in [0.25, 0.3) is 0 Å². The van der Waals surface area contributed by atoms with Gasteiger partial charge in [-0.15, -0.1) is 0 Å². The van der Waals surface area contributed by atoms with Gasteiger partial charge in [0.1, 0.15) is 0 Å². The Labute approximate surface area is 84.7 Å². The Morgan fingerprint density at radius 1 is 1.36 bits per heavy atom. The van der Waals surface area contributed by atoms with Gasteiger partial charge in [-0.1, -0.05) is 6.42 Å². The molecule has 2 aliphatic carbocycles. The van der Waals surface area contributed by atoms with Gasteiger partial charge < -0.3 is 10.4 Å². The van der Waals surface area contributed by atoms with E-state index in [2.05, 4.69) is 11.4 Å². The Bertz CT molecular complexity index is 312. The van der Waals surface area contributed by atoms with E-state index in [0.29, 0.717) is 17.1 Å². The Balaban J connectivity index is 1.79. The van der Waals surface area contributed by atoms with Crippen molar-refractivity contribution in [3.8, 4) is 0 Å². The molecule has 1 unspecified atom stereocenters. The predicted octanol–water partition coefficient (Wildman–Crippen LogP) is 2.50. The number of aliphatic hydroxyl groups is 1. The van der Waals surface area contributed by atoms with Crippen LogP contribution in [0.3, 0.4) is 0 Å². The van der Waals surface area contributed by atoms with E-state index >= 15 is 0 Å². The summed E-state index contributed by atoms with van der Waals surface area (Å²) in [7, 11) is 0. The van der Waals surface area contributed by atoms with Crippen molar-refractivity contribution in [3.05, 3.63) is 23.6 Å². The summed E-state index contributed by atoms with van der Waals surface area (Å²) >= 11 is 0. The van der Waals surface area contributed by atoms with Crippen molar-refractivity contribution in [2.45, 2.75) is 32.1 Å². The third-order valence-electron chi connectivity index (χ3n) is 4.11. The van der Waals surface area contributed by atoms with Crippen LogP contribution in [-0.2, 0) is 0 Å². The van der Waals surface area contributed by atoms with Crippen LogP contribution >= 0.6 is 0 Å². The predicted molar refractivity (Wildman–Crippen MR) is 55.8 cm³/mol. The second-order valence-corrected chi connectivity index (χ2v) is 5.09. The standard InChI is InChI=1S/C12H17NO/c14-10-2-3-11-9(6-10)7-12(8-13-11)4-1-5-12/h2-3,9,13-14H,1,4-8H2. The average molecular weight is 191 g/mol. The van der Waals surface area contributed by atoms with Crippen LogP contribution in [0.1, 0.15) is 32.1 Å². The van der Waals surface area contributed by atoms with Crippen LogP contribution in [0.4, 0.5) is 0 Å². The number of hydrogen-bond donors (Lipinski definition) is 2. The highest BCUT2D eigenvalue weighted by molar-refractivity contribution is 5.25. The molecule has 2 N–H and O–H groups in total. The fourth-order valence-corrected chi connectivity index (χ4v) is 3.08. The first-order valence-corrected chi connectivity index (χ1v) is 5.61. The lowest BCUT2D eigenvalue weighted by Crippen LogP contribution is -2.47. The zero-order valence-electron chi connectivity index (χ0n) is 8.42. The van der Waals surface area contributed by atoms with E-state index in [1.54, 1.807) is 0 Å². The topological polar surface area (TPSA) is 32.3 Å². The summed E-state index contributed by atoms with van der Waals surface area (Å²) in [6.45, 7) is 1.16. The molecule has 2 nitrogen and oxygen atoms in total. The fraction of sp³-hybridized carbons (Fsp3) is 0.667. The normalized spacial score (nSPS) is 33.6. The van der Waals surface area contributed by atoms with Crippen LogP contribution < -0.4 is 5.32 Å². The molecule has 0 radical (unpaired) electrons. The first kappa shape index (κ1) is 8.39. The van der Waals surface area contributed by atoms with Crippen molar-refractivity contribution >= 4 is 0 Å². The molecule has 2 fully saturated rings. The number of rotatable bonds is 0. The quantitative estimate of drug-likeness (QED) is 0.616. The minimum atomic E-state index is 0.553. The molecule has 0 aromatic heterocycles. The minimum Gasteiger partial charge on any atom is -0.512 e. The van der Waals surface area contributed by atoms with Crippen LogP contribution in [0.15, 0.2) is 23.6 Å². The van der Waals surface area contributed by atoms with Crippen molar-refractivity contribution in [2.75, 3.05) is 6.54 Å². The van der Waals surface area contributed by atoms with Crippen LogP contribution in [-0.4, -0.2) is 11.7 Å². The monoisotopic (exact) mass is 191 g/mol. The number of piperidine rings is 1. The number of fused-ring (bicyclic) bond motifs is 1. The summed E-state index contributed by atoms with van der Waals surface area (Å²) in [5.74, 6) is 1.12. The first-order valence-electron chi connectivity index (χ1n) is 5.61. The van der Waals surface area contributed by atoms with Gasteiger partial charge in [-0.3, -0.25) is 0 Å². The highest BCUT2D eigenvalue weighted by Crippen LogP contribution is 2.50. The van der Waals surface area contributed by atoms with Crippen molar-refractivity contribution in [2.24, 2.45) is 11.3 Å². The molecule has 3 aliphatic rings. The van der Waals surface area contributed by atoms with Gasteiger partial charge in [0.2, 0.25) is 0 Å². The minimum absolute atomic E-state index is 0.553. The second kappa shape index (κ2) is 2.78. The SMILES string of the molecule is OC1=CC=C2NCC3(CCC3)CC2C1. The first-order chi connectivity index (χ1) is 6.77. The molecule has 0 amide bonds. The van der Waals surface area contributed by atoms with Gasteiger partial charge in [0.15, 0.2) is 0 Å². The Morgan fingerprint density at radius 3 is 2.93 bits per heavy atom. The van der Waals surface area contributed by atoms with E-state index < -0.39 is 0 Å². The van der Waals surface area contributed by atoms with Gasteiger partial charge >= 0.3 is 0 Å². The van der Waals surface area contributed by atoms with E-state index in [4.69, 9.17) is 0 Å². The molecule has 3 rings (SSSR count). The maximum Gasteiger partial charge on any atom is 0.0929 e. The van der Waals surface area contributed by atoms with Crippen molar-refractivity contribution < 1.29 is 5.11 Å². The van der Waals surface area contributed by atoms with Gasteiger partial charge in [-0.25, -0.2) is 0 Å². The average Bonchev–Trinajstić information content (AvgIpc) is 2.14. The highest BCUT2D eigenvalue weighted by Gasteiger charge is 2.43. The van der Waals surface area contributed by atoms with Gasteiger partial charge in [0.05, 0.1) is 5.76 Å². The number of aliphatic hydroxyl groups excluding tert-OH is 1. The zero-order chi connectivity index (χ0) is 9.60. The van der Waals surface area contributed by atoms with Gasteiger partial charge in [-0.2, -0.15) is 0 Å². The summed E-state index contributed by atoms with van der Waals surface area (Å²) in [5, 5.41) is 13.0. The zero-order valence-corrected chi connectivity index (χ0v) is 8.42. The summed E-state index contributed by atoms with van der Waals surface area (Å²) in [4.78, 5) is 0. The van der Waals surface area contributed by atoms with Crippen molar-refractivity contribution in [1.82, 2.24) is 5.32 Å². The molecule has 0 aromatic carbocycles. The molecular formula is C12H17NO. The second-order valence-electron chi connectivity index (χ2n) is 5.09. The van der Waals surface area contributed by atoms with Crippen LogP contribution in [0.2, 0.25) is 0 Å². The van der Waals surface area contributed by atoms with E-state index in [1.165, 1.54) is 31.4 Å². The van der Waals surface area contributed by atoms with E-state index in [1.807, 2.05) is 6.08 Å². The smallest absolute Gasteiger partial charge is 0.0929 e. The Hall–Kier alpha value is -0.920. The largest absolute Gasteiger partial charge is 0.512 e. The molecule has 1 heterocycles. The molecule has 0 aromatic rings. The third kappa shape index (κ3) is 1.17. The third-order valence-corrected chi connectivity index (χ3v) is 4.11. The van der Waals surface area contributed by atoms with Crippen LogP contribution in [0.25, 0.3) is 0 Å². The highest BCUT2D eigenvalue weighted by atomic mass is 16.3. The molecule has 2 heteroatoms. The molecule has 14 heavy (non-hydrogen) atoms. The lowest BCUT2D eigenvalue weighted by Gasteiger charge is -2.49. The molecular weight excluding hydrogens is 174 g/mol. The fourth-order valence-electron chi connectivity index (χ4n) is 3.08. The Morgan fingerprint density at radius 2 is 2.21 bits per heavy atom. The summed E-state index contributed by atoms with van der Waals surface area (Å²) in [6, 6.07) is 0. The molecule has 1 atom stereocenters. The molecule has 76 valence electrons. The van der Waals surface area contributed by atoms with E-state index in [9.17, 15) is 5.11 Å². The lowest BCUT2D eigenvalue weighted by molar-refractivity contribution is 0.0749. The van der Waals surface area contributed by atoms with E-state index in [-0.39, 0.29) is 0 Å². The lowest BCUT2D eigenvalue weighted by atomic mass is 9.61. The van der Waals surface area contributed by atoms with Gasteiger partial charge in [-0.05, 0) is 36.8 Å². The number of nitrogens with one attached hydrogen (secondary N) is 1. The number of hydrogen-bond acceptors (Lipinski definition) is 2. The maximum atomic E-state index is 9.50. The molecule has 1 spiro atoms. The molecule has 1 saturated heterocycles. The molecule has 0 bridgehead atoms.